The molecule has 22 heavy (non-hydrogen) atoms. The number of rotatable bonds is 3. The highest BCUT2D eigenvalue weighted by Gasteiger charge is 2.36. The fraction of sp³-hybridized carbons (Fsp3) is 0.611. The number of aryl methyl sites for hydroxylation is 2. The molecule has 1 saturated carbocycles. The van der Waals surface area contributed by atoms with Crippen LogP contribution in [0.2, 0.25) is 5.02 Å². The maximum Gasteiger partial charge on any atom is 0.260 e. The monoisotopic (exact) mass is 321 g/mol. The molecule has 2 aliphatic rings. The lowest BCUT2D eigenvalue weighted by molar-refractivity contribution is -0.132. The van der Waals surface area contributed by atoms with Gasteiger partial charge in [-0.15, -0.1) is 0 Å². The first-order chi connectivity index (χ1) is 10.5. The number of carbonyl (C=O) groups excluding carboxylic acids is 1. The van der Waals surface area contributed by atoms with Crippen molar-refractivity contribution in [2.45, 2.75) is 39.5 Å². The third kappa shape index (κ3) is 3.24. The highest BCUT2D eigenvalue weighted by atomic mass is 35.5. The van der Waals surface area contributed by atoms with E-state index in [2.05, 4.69) is 0 Å². The van der Waals surface area contributed by atoms with Crippen LogP contribution in [-0.4, -0.2) is 30.5 Å². The summed E-state index contributed by atoms with van der Waals surface area (Å²) in [4.78, 5) is 14.4. The predicted octanol–water partition coefficient (Wildman–Crippen LogP) is 3.98. The molecular formula is C18H24ClNO2. The molecule has 1 saturated heterocycles. The minimum absolute atomic E-state index is 0.111. The SMILES string of the molecule is Cc1cc(OCC(=O)N2CC3CCCCC3C2)cc(C)c1Cl. The van der Waals surface area contributed by atoms with Gasteiger partial charge < -0.3 is 9.64 Å². The molecule has 3 nitrogen and oxygen atoms in total. The second-order valence-corrected chi connectivity index (χ2v) is 7.14. The molecule has 0 radical (unpaired) electrons. The fourth-order valence-electron chi connectivity index (χ4n) is 3.84. The zero-order valence-corrected chi connectivity index (χ0v) is 14.2. The molecule has 0 bridgehead atoms. The Kier molecular flexibility index (Phi) is 4.62. The van der Waals surface area contributed by atoms with Crippen molar-refractivity contribution in [2.75, 3.05) is 19.7 Å². The molecule has 1 aliphatic carbocycles. The van der Waals surface area contributed by atoms with Crippen molar-refractivity contribution in [3.8, 4) is 5.75 Å². The van der Waals surface area contributed by atoms with E-state index in [9.17, 15) is 4.79 Å². The first kappa shape index (κ1) is 15.7. The Bertz CT molecular complexity index is 535. The van der Waals surface area contributed by atoms with E-state index < -0.39 is 0 Å². The zero-order valence-electron chi connectivity index (χ0n) is 13.4. The van der Waals surface area contributed by atoms with E-state index >= 15 is 0 Å². The molecule has 0 aromatic heterocycles. The van der Waals surface area contributed by atoms with Crippen LogP contribution in [0.1, 0.15) is 36.8 Å². The van der Waals surface area contributed by atoms with Gasteiger partial charge in [0, 0.05) is 18.1 Å². The number of benzene rings is 1. The van der Waals surface area contributed by atoms with Gasteiger partial charge in [-0.1, -0.05) is 24.4 Å². The molecule has 1 aromatic rings. The maximum atomic E-state index is 12.4. The maximum absolute atomic E-state index is 12.4. The van der Waals surface area contributed by atoms with Crippen molar-refractivity contribution in [3.63, 3.8) is 0 Å². The Hall–Kier alpha value is -1.22. The van der Waals surface area contributed by atoms with E-state index in [0.717, 1.165) is 46.8 Å². The summed E-state index contributed by atoms with van der Waals surface area (Å²) in [5.74, 6) is 2.28. The van der Waals surface area contributed by atoms with Crippen LogP contribution >= 0.6 is 11.6 Å². The molecule has 1 amide bonds. The molecule has 1 heterocycles. The first-order valence-corrected chi connectivity index (χ1v) is 8.59. The predicted molar refractivity (Wildman–Crippen MR) is 88.4 cm³/mol. The van der Waals surface area contributed by atoms with Crippen LogP contribution in [0.3, 0.4) is 0 Å². The summed E-state index contributed by atoms with van der Waals surface area (Å²) in [6.45, 7) is 5.88. The van der Waals surface area contributed by atoms with Crippen LogP contribution in [0.25, 0.3) is 0 Å². The van der Waals surface area contributed by atoms with Gasteiger partial charge in [-0.25, -0.2) is 0 Å². The second kappa shape index (κ2) is 6.49. The number of fused-ring (bicyclic) bond motifs is 1. The molecule has 0 N–H and O–H groups in total. The Morgan fingerprint density at radius 1 is 1.18 bits per heavy atom. The van der Waals surface area contributed by atoms with Gasteiger partial charge in [0.15, 0.2) is 6.61 Å². The van der Waals surface area contributed by atoms with Gasteiger partial charge in [0.1, 0.15) is 5.75 Å². The van der Waals surface area contributed by atoms with Crippen molar-refractivity contribution in [1.82, 2.24) is 4.90 Å². The number of nitrogens with zero attached hydrogens (tertiary/aromatic N) is 1. The molecule has 2 atom stereocenters. The first-order valence-electron chi connectivity index (χ1n) is 8.22. The van der Waals surface area contributed by atoms with Gasteiger partial charge in [0.25, 0.3) is 5.91 Å². The van der Waals surface area contributed by atoms with Crippen molar-refractivity contribution < 1.29 is 9.53 Å². The van der Waals surface area contributed by atoms with Crippen molar-refractivity contribution in [3.05, 3.63) is 28.3 Å². The third-order valence-corrected chi connectivity index (χ3v) is 5.70. The van der Waals surface area contributed by atoms with E-state index in [-0.39, 0.29) is 12.5 Å². The number of hydrogen-bond donors (Lipinski definition) is 0. The molecule has 3 rings (SSSR count). The van der Waals surface area contributed by atoms with Crippen LogP contribution in [-0.2, 0) is 4.79 Å². The summed E-state index contributed by atoms with van der Waals surface area (Å²) in [6, 6.07) is 3.79. The van der Waals surface area contributed by atoms with Gasteiger partial charge in [-0.2, -0.15) is 0 Å². The van der Waals surface area contributed by atoms with Crippen molar-refractivity contribution in [2.24, 2.45) is 11.8 Å². The lowest BCUT2D eigenvalue weighted by atomic mass is 9.82. The van der Waals surface area contributed by atoms with E-state index in [4.69, 9.17) is 16.3 Å². The highest BCUT2D eigenvalue weighted by Crippen LogP contribution is 2.36. The average Bonchev–Trinajstić information content (AvgIpc) is 2.94. The van der Waals surface area contributed by atoms with Crippen molar-refractivity contribution in [1.29, 1.82) is 0 Å². The van der Waals surface area contributed by atoms with Crippen molar-refractivity contribution >= 4 is 17.5 Å². The topological polar surface area (TPSA) is 29.5 Å². The van der Waals surface area contributed by atoms with Gasteiger partial charge in [0.05, 0.1) is 0 Å². The lowest BCUT2D eigenvalue weighted by Gasteiger charge is -2.22. The molecule has 1 aromatic carbocycles. The lowest BCUT2D eigenvalue weighted by Crippen LogP contribution is -2.33. The van der Waals surface area contributed by atoms with E-state index in [1.165, 1.54) is 25.7 Å². The normalized spacial score (nSPS) is 24.2. The fourth-order valence-corrected chi connectivity index (χ4v) is 3.94. The molecule has 2 fully saturated rings. The van der Waals surface area contributed by atoms with E-state index in [0.29, 0.717) is 0 Å². The standard InChI is InChI=1S/C18H24ClNO2/c1-12-7-16(8-13(2)18(12)19)22-11-17(21)20-9-14-5-3-4-6-15(14)10-20/h7-8,14-15H,3-6,9-11H2,1-2H3. The number of ether oxygens (including phenoxy) is 1. The number of likely N-dealkylation sites (tertiary alicyclic amines) is 1. The summed E-state index contributed by atoms with van der Waals surface area (Å²) in [5, 5.41) is 0.766. The summed E-state index contributed by atoms with van der Waals surface area (Å²) >= 11 is 6.16. The molecule has 1 aliphatic heterocycles. The minimum atomic E-state index is 0.111. The van der Waals surface area contributed by atoms with Crippen LogP contribution in [0, 0.1) is 25.7 Å². The van der Waals surface area contributed by atoms with Gasteiger partial charge in [-0.05, 0) is 61.8 Å². The van der Waals surface area contributed by atoms with Gasteiger partial charge >= 0.3 is 0 Å². The quantitative estimate of drug-likeness (QED) is 0.842. The highest BCUT2D eigenvalue weighted by molar-refractivity contribution is 6.32. The Morgan fingerprint density at radius 2 is 1.73 bits per heavy atom. The number of carbonyl (C=O) groups is 1. The van der Waals surface area contributed by atoms with Crippen LogP contribution in [0.4, 0.5) is 0 Å². The molecule has 0 spiro atoms. The minimum Gasteiger partial charge on any atom is -0.484 e. The van der Waals surface area contributed by atoms with Crippen LogP contribution in [0.15, 0.2) is 12.1 Å². The van der Waals surface area contributed by atoms with Gasteiger partial charge in [0.2, 0.25) is 0 Å². The van der Waals surface area contributed by atoms with E-state index in [1.807, 2.05) is 30.9 Å². The summed E-state index contributed by atoms with van der Waals surface area (Å²) in [5.41, 5.74) is 1.97. The van der Waals surface area contributed by atoms with Crippen LogP contribution < -0.4 is 4.74 Å². The van der Waals surface area contributed by atoms with E-state index in [1.54, 1.807) is 0 Å². The Morgan fingerprint density at radius 3 is 2.27 bits per heavy atom. The molecule has 4 heteroatoms. The second-order valence-electron chi connectivity index (χ2n) is 6.76. The number of hydrogen-bond acceptors (Lipinski definition) is 2. The Labute approximate surface area is 137 Å². The Balaban J connectivity index is 1.56. The third-order valence-electron chi connectivity index (χ3n) is 5.10. The zero-order chi connectivity index (χ0) is 15.7. The van der Waals surface area contributed by atoms with Crippen LogP contribution in [0.5, 0.6) is 5.75 Å². The molecule has 2 unspecified atom stereocenters. The summed E-state index contributed by atoms with van der Waals surface area (Å²) < 4.78 is 5.70. The summed E-state index contributed by atoms with van der Waals surface area (Å²) in [6.07, 6.45) is 5.21. The number of halogens is 1. The largest absolute Gasteiger partial charge is 0.484 e. The average molecular weight is 322 g/mol. The summed E-state index contributed by atoms with van der Waals surface area (Å²) in [7, 11) is 0. The smallest absolute Gasteiger partial charge is 0.260 e. The molecular weight excluding hydrogens is 298 g/mol. The number of amides is 1. The van der Waals surface area contributed by atoms with Gasteiger partial charge in [-0.3, -0.25) is 4.79 Å². The molecule has 120 valence electrons.